The number of aromatic nitrogens is 1. The predicted octanol–water partition coefficient (Wildman–Crippen LogP) is 2.63. The summed E-state index contributed by atoms with van der Waals surface area (Å²) in [6.07, 6.45) is 1.10. The summed E-state index contributed by atoms with van der Waals surface area (Å²) in [6.45, 7) is 6.39. The molecule has 2 heteroatoms. The van der Waals surface area contributed by atoms with Gasteiger partial charge in [-0.3, -0.25) is 0 Å². The molecule has 0 saturated carbocycles. The van der Waals surface area contributed by atoms with E-state index in [1.807, 2.05) is 0 Å². The first-order valence-electron chi connectivity index (χ1n) is 5.60. The molecule has 0 fully saturated rings. The molecule has 2 N–H and O–H groups in total. The Labute approximate surface area is 90.7 Å². The maximum Gasteiger partial charge on any atom is 0.0458 e. The van der Waals surface area contributed by atoms with Crippen LogP contribution in [0.4, 0.5) is 0 Å². The first kappa shape index (κ1) is 10.2. The van der Waals surface area contributed by atoms with Gasteiger partial charge in [-0.2, -0.15) is 0 Å². The molecule has 0 saturated heterocycles. The molecule has 2 rings (SSSR count). The summed E-state index contributed by atoms with van der Waals surface area (Å²) in [6, 6.07) is 8.51. The van der Waals surface area contributed by atoms with Crippen molar-refractivity contribution in [3.8, 4) is 0 Å². The van der Waals surface area contributed by atoms with Crippen LogP contribution in [0.25, 0.3) is 10.9 Å². The third kappa shape index (κ3) is 2.05. The van der Waals surface area contributed by atoms with Gasteiger partial charge in [0.05, 0.1) is 0 Å². The number of H-pyrrole nitrogens is 1. The van der Waals surface area contributed by atoms with Gasteiger partial charge in [0.25, 0.3) is 0 Å². The topological polar surface area (TPSA) is 27.8 Å². The van der Waals surface area contributed by atoms with Crippen LogP contribution in [-0.2, 0) is 6.42 Å². The zero-order valence-corrected chi connectivity index (χ0v) is 9.43. The molecule has 0 aliphatic heterocycles. The van der Waals surface area contributed by atoms with Gasteiger partial charge < -0.3 is 10.3 Å². The van der Waals surface area contributed by atoms with Crippen LogP contribution in [0, 0.1) is 6.92 Å². The SMILES string of the molecule is CCNCCc1c(C)[nH]c2ccccc12. The van der Waals surface area contributed by atoms with Crippen molar-refractivity contribution in [3.63, 3.8) is 0 Å². The Morgan fingerprint density at radius 3 is 2.87 bits per heavy atom. The van der Waals surface area contributed by atoms with Crippen LogP contribution in [0.15, 0.2) is 24.3 Å². The Kier molecular flexibility index (Phi) is 3.07. The minimum atomic E-state index is 1.04. The van der Waals surface area contributed by atoms with Crippen LogP contribution in [-0.4, -0.2) is 18.1 Å². The predicted molar refractivity (Wildman–Crippen MR) is 65.3 cm³/mol. The van der Waals surface area contributed by atoms with Crippen molar-refractivity contribution < 1.29 is 0 Å². The molecule has 0 unspecified atom stereocenters. The number of likely N-dealkylation sites (N-methyl/N-ethyl adjacent to an activating group) is 1. The van der Waals surface area contributed by atoms with Crippen LogP contribution in [0.5, 0.6) is 0 Å². The number of aromatic amines is 1. The third-order valence-electron chi connectivity index (χ3n) is 2.83. The molecule has 15 heavy (non-hydrogen) atoms. The average molecular weight is 202 g/mol. The monoisotopic (exact) mass is 202 g/mol. The Balaban J connectivity index is 2.28. The number of rotatable bonds is 4. The fourth-order valence-electron chi connectivity index (χ4n) is 2.05. The van der Waals surface area contributed by atoms with Gasteiger partial charge >= 0.3 is 0 Å². The van der Waals surface area contributed by atoms with Gasteiger partial charge in [-0.1, -0.05) is 25.1 Å². The second-order valence-corrected chi connectivity index (χ2v) is 3.88. The van der Waals surface area contributed by atoms with E-state index in [-0.39, 0.29) is 0 Å². The number of aryl methyl sites for hydroxylation is 1. The molecule has 0 bridgehead atoms. The normalized spacial score (nSPS) is 11.1. The molecule has 80 valence electrons. The Hall–Kier alpha value is -1.28. The fourth-order valence-corrected chi connectivity index (χ4v) is 2.05. The van der Waals surface area contributed by atoms with Crippen LogP contribution >= 0.6 is 0 Å². The molecule has 2 aromatic rings. The van der Waals surface area contributed by atoms with E-state index in [0.717, 1.165) is 19.5 Å². The molecule has 2 nitrogen and oxygen atoms in total. The Morgan fingerprint density at radius 1 is 1.27 bits per heavy atom. The smallest absolute Gasteiger partial charge is 0.0458 e. The van der Waals surface area contributed by atoms with Gasteiger partial charge in [-0.15, -0.1) is 0 Å². The number of benzene rings is 1. The molecule has 0 spiro atoms. The molecule has 1 heterocycles. The van der Waals surface area contributed by atoms with Gasteiger partial charge in [-0.05, 0) is 38.1 Å². The van der Waals surface area contributed by atoms with Gasteiger partial charge in [0, 0.05) is 16.6 Å². The van der Waals surface area contributed by atoms with Crippen molar-refractivity contribution in [1.82, 2.24) is 10.3 Å². The lowest BCUT2D eigenvalue weighted by Gasteiger charge is -2.02. The van der Waals surface area contributed by atoms with Crippen LogP contribution < -0.4 is 5.32 Å². The van der Waals surface area contributed by atoms with Gasteiger partial charge in [0.1, 0.15) is 0 Å². The number of para-hydroxylation sites is 1. The van der Waals surface area contributed by atoms with Crippen molar-refractivity contribution in [2.75, 3.05) is 13.1 Å². The molecule has 0 radical (unpaired) electrons. The molecular formula is C13H18N2. The van der Waals surface area contributed by atoms with E-state index in [1.54, 1.807) is 0 Å². The van der Waals surface area contributed by atoms with E-state index in [4.69, 9.17) is 0 Å². The molecule has 0 amide bonds. The Morgan fingerprint density at radius 2 is 2.07 bits per heavy atom. The number of hydrogen-bond donors (Lipinski definition) is 2. The van der Waals surface area contributed by atoms with Crippen LogP contribution in [0.1, 0.15) is 18.2 Å². The minimum Gasteiger partial charge on any atom is -0.358 e. The van der Waals surface area contributed by atoms with E-state index < -0.39 is 0 Å². The van der Waals surface area contributed by atoms with Crippen LogP contribution in [0.2, 0.25) is 0 Å². The molecule has 0 atom stereocenters. The summed E-state index contributed by atoms with van der Waals surface area (Å²) < 4.78 is 0. The molecular weight excluding hydrogens is 184 g/mol. The molecule has 1 aromatic heterocycles. The summed E-state index contributed by atoms with van der Waals surface area (Å²) in [5.74, 6) is 0. The zero-order valence-electron chi connectivity index (χ0n) is 9.43. The van der Waals surface area contributed by atoms with Gasteiger partial charge in [0.15, 0.2) is 0 Å². The number of nitrogens with one attached hydrogen (secondary N) is 2. The fraction of sp³-hybridized carbons (Fsp3) is 0.385. The van der Waals surface area contributed by atoms with E-state index in [1.165, 1.54) is 22.2 Å². The highest BCUT2D eigenvalue weighted by atomic mass is 14.8. The van der Waals surface area contributed by atoms with Gasteiger partial charge in [0.2, 0.25) is 0 Å². The standard InChI is InChI=1S/C13H18N2/c1-3-14-9-8-11-10(2)15-13-7-5-4-6-12(11)13/h4-7,14-15H,3,8-9H2,1-2H3. The number of hydrogen-bond acceptors (Lipinski definition) is 1. The summed E-state index contributed by atoms with van der Waals surface area (Å²) in [4.78, 5) is 3.43. The summed E-state index contributed by atoms with van der Waals surface area (Å²) in [5.41, 5.74) is 4.00. The average Bonchev–Trinajstić information content (AvgIpc) is 2.56. The van der Waals surface area contributed by atoms with E-state index in [2.05, 4.69) is 48.4 Å². The quantitative estimate of drug-likeness (QED) is 0.733. The lowest BCUT2D eigenvalue weighted by Crippen LogP contribution is -2.16. The van der Waals surface area contributed by atoms with Crippen molar-refractivity contribution in [3.05, 3.63) is 35.5 Å². The molecule has 0 aliphatic rings. The highest BCUT2D eigenvalue weighted by Crippen LogP contribution is 2.21. The highest BCUT2D eigenvalue weighted by molar-refractivity contribution is 5.84. The van der Waals surface area contributed by atoms with Crippen molar-refractivity contribution in [1.29, 1.82) is 0 Å². The maximum absolute atomic E-state index is 3.43. The second kappa shape index (κ2) is 4.49. The lowest BCUT2D eigenvalue weighted by atomic mass is 10.1. The van der Waals surface area contributed by atoms with E-state index in [9.17, 15) is 0 Å². The minimum absolute atomic E-state index is 1.04. The van der Waals surface area contributed by atoms with E-state index in [0.29, 0.717) is 0 Å². The molecule has 1 aromatic carbocycles. The lowest BCUT2D eigenvalue weighted by molar-refractivity contribution is 0.716. The summed E-state index contributed by atoms with van der Waals surface area (Å²) in [5, 5.41) is 4.73. The highest BCUT2D eigenvalue weighted by Gasteiger charge is 2.06. The summed E-state index contributed by atoms with van der Waals surface area (Å²) >= 11 is 0. The van der Waals surface area contributed by atoms with E-state index >= 15 is 0 Å². The largest absolute Gasteiger partial charge is 0.358 e. The first-order valence-corrected chi connectivity index (χ1v) is 5.60. The first-order chi connectivity index (χ1) is 7.33. The second-order valence-electron chi connectivity index (χ2n) is 3.88. The maximum atomic E-state index is 3.43. The number of fused-ring (bicyclic) bond motifs is 1. The van der Waals surface area contributed by atoms with Crippen molar-refractivity contribution >= 4 is 10.9 Å². The Bertz CT molecular complexity index is 443. The summed E-state index contributed by atoms with van der Waals surface area (Å²) in [7, 11) is 0. The third-order valence-corrected chi connectivity index (χ3v) is 2.83. The zero-order chi connectivity index (χ0) is 10.7. The van der Waals surface area contributed by atoms with Crippen molar-refractivity contribution in [2.24, 2.45) is 0 Å². The van der Waals surface area contributed by atoms with Gasteiger partial charge in [-0.25, -0.2) is 0 Å². The van der Waals surface area contributed by atoms with Crippen LogP contribution in [0.3, 0.4) is 0 Å². The molecule has 0 aliphatic carbocycles. The van der Waals surface area contributed by atoms with Crippen molar-refractivity contribution in [2.45, 2.75) is 20.3 Å².